The topological polar surface area (TPSA) is 0 Å². The monoisotopic (exact) mass is 308 g/mol. The van der Waals surface area contributed by atoms with Gasteiger partial charge < -0.3 is 4.48 Å². The van der Waals surface area contributed by atoms with Crippen LogP contribution in [0.15, 0.2) is 24.3 Å². The van der Waals surface area contributed by atoms with Crippen molar-refractivity contribution >= 4 is 0 Å². The Kier molecular flexibility index (Phi) is 13.7. The molecule has 0 N–H and O–H groups in total. The van der Waals surface area contributed by atoms with E-state index in [9.17, 15) is 0 Å². The van der Waals surface area contributed by atoms with E-state index in [1.54, 1.807) is 0 Å². The molecule has 0 saturated carbocycles. The zero-order valence-electron chi connectivity index (χ0n) is 16.1. The van der Waals surface area contributed by atoms with E-state index in [-0.39, 0.29) is 0 Å². The summed E-state index contributed by atoms with van der Waals surface area (Å²) in [6.45, 7) is 4.57. The molecule has 0 amide bonds. The first kappa shape index (κ1) is 21.4. The number of allylic oxidation sites excluding steroid dienone is 3. The summed E-state index contributed by atoms with van der Waals surface area (Å²) in [5.41, 5.74) is 0. The number of hydrogen-bond donors (Lipinski definition) is 0. The molecule has 1 unspecified atom stereocenters. The van der Waals surface area contributed by atoms with Gasteiger partial charge in [-0.2, -0.15) is 0 Å². The fraction of sp³-hybridized carbons (Fsp3) is 0.810. The van der Waals surface area contributed by atoms with E-state index in [1.165, 1.54) is 64.2 Å². The fourth-order valence-corrected chi connectivity index (χ4v) is 2.84. The predicted molar refractivity (Wildman–Crippen MR) is 102 cm³/mol. The van der Waals surface area contributed by atoms with Crippen LogP contribution in [0.2, 0.25) is 0 Å². The molecule has 0 fully saturated rings. The lowest BCUT2D eigenvalue weighted by molar-refractivity contribution is -0.896. The summed E-state index contributed by atoms with van der Waals surface area (Å²) in [6.07, 6.45) is 24.0. The Bertz CT molecular complexity index is 283. The molecule has 0 aliphatic heterocycles. The minimum atomic E-state index is 0.758. The molecule has 0 saturated heterocycles. The Hall–Kier alpha value is -0.560. The normalized spacial score (nSPS) is 14.2. The van der Waals surface area contributed by atoms with Crippen molar-refractivity contribution in [2.24, 2.45) is 0 Å². The van der Waals surface area contributed by atoms with Gasteiger partial charge in [0.05, 0.1) is 27.2 Å². The summed E-state index contributed by atoms with van der Waals surface area (Å²) in [6, 6.07) is 0.758. The molecule has 0 bridgehead atoms. The average molecular weight is 309 g/mol. The molecule has 0 aliphatic carbocycles. The van der Waals surface area contributed by atoms with Crippen molar-refractivity contribution in [1.82, 2.24) is 0 Å². The van der Waals surface area contributed by atoms with Gasteiger partial charge in [-0.05, 0) is 25.7 Å². The highest BCUT2D eigenvalue weighted by Gasteiger charge is 2.20. The van der Waals surface area contributed by atoms with Crippen LogP contribution in [0.25, 0.3) is 0 Å². The van der Waals surface area contributed by atoms with Crippen molar-refractivity contribution in [3.8, 4) is 0 Å². The Labute approximate surface area is 141 Å². The van der Waals surface area contributed by atoms with Gasteiger partial charge in [0.15, 0.2) is 0 Å². The molecule has 0 rings (SSSR count). The highest BCUT2D eigenvalue weighted by molar-refractivity contribution is 4.93. The van der Waals surface area contributed by atoms with Gasteiger partial charge in [0.1, 0.15) is 0 Å². The Balaban J connectivity index is 3.65. The second kappa shape index (κ2) is 14.1. The molecule has 0 heterocycles. The first-order chi connectivity index (χ1) is 10.5. The summed E-state index contributed by atoms with van der Waals surface area (Å²) >= 11 is 0. The second-order valence-electron chi connectivity index (χ2n) is 7.53. The van der Waals surface area contributed by atoms with Gasteiger partial charge in [-0.3, -0.25) is 0 Å². The fourth-order valence-electron chi connectivity index (χ4n) is 2.84. The summed E-state index contributed by atoms with van der Waals surface area (Å²) in [7, 11) is 6.94. The summed E-state index contributed by atoms with van der Waals surface area (Å²) < 4.78 is 1.08. The molecule has 130 valence electrons. The highest BCUT2D eigenvalue weighted by Crippen LogP contribution is 2.14. The molecule has 1 heteroatoms. The molecule has 1 nitrogen and oxygen atoms in total. The van der Waals surface area contributed by atoms with Crippen LogP contribution in [0.1, 0.15) is 84.5 Å². The van der Waals surface area contributed by atoms with Crippen molar-refractivity contribution < 1.29 is 4.48 Å². The lowest BCUT2D eigenvalue weighted by Gasteiger charge is -2.33. The van der Waals surface area contributed by atoms with Gasteiger partial charge in [0, 0.05) is 6.42 Å². The van der Waals surface area contributed by atoms with Crippen LogP contribution in [0.3, 0.4) is 0 Å². The van der Waals surface area contributed by atoms with Crippen molar-refractivity contribution in [3.63, 3.8) is 0 Å². The standard InChI is InChI=1S/C21H42N/c1-6-8-9-10-11-12-13-14-15-16-17-18-20-21(19-7-2)22(3,4)5/h14-15,17-18,21H,6-13,16,19-20H2,1-5H3/q+1. The molecule has 0 aromatic rings. The molecule has 0 aliphatic rings. The zero-order chi connectivity index (χ0) is 16.7. The van der Waals surface area contributed by atoms with Crippen LogP contribution in [0.5, 0.6) is 0 Å². The number of unbranched alkanes of at least 4 members (excludes halogenated alkanes) is 6. The third kappa shape index (κ3) is 13.1. The van der Waals surface area contributed by atoms with E-state index < -0.39 is 0 Å². The van der Waals surface area contributed by atoms with Crippen molar-refractivity contribution in [2.75, 3.05) is 21.1 Å². The van der Waals surface area contributed by atoms with Crippen LogP contribution >= 0.6 is 0 Å². The zero-order valence-corrected chi connectivity index (χ0v) is 16.1. The van der Waals surface area contributed by atoms with E-state index in [0.717, 1.165) is 16.9 Å². The number of rotatable bonds is 14. The van der Waals surface area contributed by atoms with E-state index in [4.69, 9.17) is 0 Å². The number of nitrogens with zero attached hydrogens (tertiary/aromatic N) is 1. The number of hydrogen-bond acceptors (Lipinski definition) is 0. The Morgan fingerprint density at radius 1 is 0.727 bits per heavy atom. The van der Waals surface area contributed by atoms with Gasteiger partial charge >= 0.3 is 0 Å². The minimum Gasteiger partial charge on any atom is -0.328 e. The van der Waals surface area contributed by atoms with Crippen molar-refractivity contribution in [1.29, 1.82) is 0 Å². The third-order valence-corrected chi connectivity index (χ3v) is 4.46. The van der Waals surface area contributed by atoms with E-state index in [1.807, 2.05) is 0 Å². The summed E-state index contributed by atoms with van der Waals surface area (Å²) in [4.78, 5) is 0. The molecule has 0 aromatic carbocycles. The molecule has 1 atom stereocenters. The van der Waals surface area contributed by atoms with Crippen molar-refractivity contribution in [3.05, 3.63) is 24.3 Å². The van der Waals surface area contributed by atoms with Crippen LogP contribution in [-0.4, -0.2) is 31.7 Å². The maximum Gasteiger partial charge on any atom is 0.0918 e. The first-order valence-corrected chi connectivity index (χ1v) is 9.63. The van der Waals surface area contributed by atoms with Crippen LogP contribution in [0.4, 0.5) is 0 Å². The number of quaternary nitrogens is 1. The van der Waals surface area contributed by atoms with Crippen LogP contribution in [-0.2, 0) is 0 Å². The molecule has 0 aromatic heterocycles. The SMILES string of the molecule is CCCCCCCCC=CCC=CCC(CCC)[N+](C)(C)C. The largest absolute Gasteiger partial charge is 0.328 e. The lowest BCUT2D eigenvalue weighted by atomic mass is 10.1. The lowest BCUT2D eigenvalue weighted by Crippen LogP contribution is -2.44. The Morgan fingerprint density at radius 2 is 1.36 bits per heavy atom. The Morgan fingerprint density at radius 3 is 2.00 bits per heavy atom. The quantitative estimate of drug-likeness (QED) is 0.195. The molecular weight excluding hydrogens is 266 g/mol. The molecule has 0 radical (unpaired) electrons. The maximum absolute atomic E-state index is 2.39. The van der Waals surface area contributed by atoms with E-state index in [0.29, 0.717) is 0 Å². The minimum absolute atomic E-state index is 0.758. The molecule has 22 heavy (non-hydrogen) atoms. The van der Waals surface area contributed by atoms with Gasteiger partial charge in [0.2, 0.25) is 0 Å². The highest BCUT2D eigenvalue weighted by atomic mass is 15.3. The smallest absolute Gasteiger partial charge is 0.0918 e. The summed E-state index contributed by atoms with van der Waals surface area (Å²) in [5.74, 6) is 0. The van der Waals surface area contributed by atoms with Gasteiger partial charge in [-0.25, -0.2) is 0 Å². The first-order valence-electron chi connectivity index (χ1n) is 9.63. The van der Waals surface area contributed by atoms with Gasteiger partial charge in [-0.1, -0.05) is 76.7 Å². The van der Waals surface area contributed by atoms with Crippen LogP contribution in [0, 0.1) is 0 Å². The molecular formula is C21H42N+. The van der Waals surface area contributed by atoms with E-state index >= 15 is 0 Å². The average Bonchev–Trinajstić information content (AvgIpc) is 2.46. The summed E-state index contributed by atoms with van der Waals surface area (Å²) in [5, 5.41) is 0. The van der Waals surface area contributed by atoms with Gasteiger partial charge in [0.25, 0.3) is 0 Å². The second-order valence-corrected chi connectivity index (χ2v) is 7.53. The maximum atomic E-state index is 2.39. The van der Waals surface area contributed by atoms with Crippen molar-refractivity contribution in [2.45, 2.75) is 90.5 Å². The van der Waals surface area contributed by atoms with Crippen LogP contribution < -0.4 is 0 Å². The predicted octanol–water partition coefficient (Wildman–Crippen LogP) is 6.50. The third-order valence-electron chi connectivity index (χ3n) is 4.46. The van der Waals surface area contributed by atoms with Gasteiger partial charge in [-0.15, -0.1) is 0 Å². The molecule has 0 spiro atoms. The van der Waals surface area contributed by atoms with E-state index in [2.05, 4.69) is 59.3 Å².